The van der Waals surface area contributed by atoms with Gasteiger partial charge >= 0.3 is 0 Å². The summed E-state index contributed by atoms with van der Waals surface area (Å²) in [6.45, 7) is 1.32. The molecule has 0 saturated heterocycles. The van der Waals surface area contributed by atoms with Crippen LogP contribution in [-0.2, 0) is 11.3 Å². The quantitative estimate of drug-likeness (QED) is 0.805. The van der Waals surface area contributed by atoms with Gasteiger partial charge in [-0.05, 0) is 50.5 Å². The van der Waals surface area contributed by atoms with Crippen LogP contribution in [-0.4, -0.2) is 35.5 Å². The first-order valence-corrected chi connectivity index (χ1v) is 7.73. The van der Waals surface area contributed by atoms with Gasteiger partial charge in [-0.3, -0.25) is 9.67 Å². The predicted molar refractivity (Wildman–Crippen MR) is 84.6 cm³/mol. The zero-order valence-electron chi connectivity index (χ0n) is 11.3. The van der Waals surface area contributed by atoms with E-state index in [9.17, 15) is 0 Å². The fourth-order valence-electron chi connectivity index (χ4n) is 2.06. The molecule has 0 saturated carbocycles. The Morgan fingerprint density at radius 2 is 2.15 bits per heavy atom. The van der Waals surface area contributed by atoms with Crippen molar-refractivity contribution >= 4 is 31.9 Å². The van der Waals surface area contributed by atoms with Crippen LogP contribution in [0.15, 0.2) is 33.6 Å². The zero-order chi connectivity index (χ0) is 14.5. The Labute approximate surface area is 135 Å². The molecule has 0 radical (unpaired) electrons. The van der Waals surface area contributed by atoms with Crippen molar-refractivity contribution < 1.29 is 4.74 Å². The summed E-state index contributed by atoms with van der Waals surface area (Å²) in [6, 6.07) is 2.06. The van der Waals surface area contributed by atoms with Gasteiger partial charge in [-0.1, -0.05) is 0 Å². The maximum Gasteiger partial charge on any atom is 0.0772 e. The van der Waals surface area contributed by atoms with Crippen LogP contribution in [0.1, 0.15) is 17.3 Å². The summed E-state index contributed by atoms with van der Waals surface area (Å²) < 4.78 is 8.99. The highest BCUT2D eigenvalue weighted by molar-refractivity contribution is 9.10. The zero-order valence-corrected chi connectivity index (χ0v) is 14.5. The van der Waals surface area contributed by atoms with E-state index >= 15 is 0 Å². The van der Waals surface area contributed by atoms with E-state index in [0.29, 0.717) is 13.2 Å². The fraction of sp³-hybridized carbons (Fsp3) is 0.385. The van der Waals surface area contributed by atoms with Gasteiger partial charge in [-0.15, -0.1) is 0 Å². The second-order valence-corrected chi connectivity index (χ2v) is 6.02. The Morgan fingerprint density at radius 1 is 1.35 bits per heavy atom. The lowest BCUT2D eigenvalue weighted by molar-refractivity contribution is 0.182. The van der Waals surface area contributed by atoms with E-state index in [1.807, 2.05) is 24.0 Å². The van der Waals surface area contributed by atoms with Crippen molar-refractivity contribution in [2.45, 2.75) is 12.6 Å². The fourth-order valence-corrected chi connectivity index (χ4v) is 2.97. The molecule has 2 heterocycles. The van der Waals surface area contributed by atoms with E-state index in [1.165, 1.54) is 0 Å². The van der Waals surface area contributed by atoms with Gasteiger partial charge in [-0.2, -0.15) is 5.10 Å². The minimum Gasteiger partial charge on any atom is -0.383 e. The van der Waals surface area contributed by atoms with E-state index in [0.717, 1.165) is 20.2 Å². The average Bonchev–Trinajstić information content (AvgIpc) is 2.79. The topological polar surface area (TPSA) is 52.0 Å². The third-order valence-electron chi connectivity index (χ3n) is 2.96. The number of nitrogens with zero attached hydrogens (tertiary/aromatic N) is 3. The third kappa shape index (κ3) is 3.46. The molecule has 0 fully saturated rings. The molecular weight excluding hydrogens is 388 g/mol. The Bertz CT molecular complexity index is 573. The summed E-state index contributed by atoms with van der Waals surface area (Å²) in [5.41, 5.74) is 2.13. The molecule has 1 atom stereocenters. The molecule has 0 aliphatic rings. The van der Waals surface area contributed by atoms with Crippen molar-refractivity contribution in [1.29, 1.82) is 0 Å². The molecule has 108 valence electrons. The summed E-state index contributed by atoms with van der Waals surface area (Å²) in [5, 5.41) is 7.70. The van der Waals surface area contributed by atoms with E-state index in [1.54, 1.807) is 19.5 Å². The van der Waals surface area contributed by atoms with Crippen molar-refractivity contribution in [1.82, 2.24) is 20.1 Å². The smallest absolute Gasteiger partial charge is 0.0772 e. The number of hydrogen-bond acceptors (Lipinski definition) is 4. The van der Waals surface area contributed by atoms with Crippen molar-refractivity contribution in [2.24, 2.45) is 0 Å². The number of methoxy groups -OCH3 is 1. The van der Waals surface area contributed by atoms with Crippen LogP contribution < -0.4 is 5.32 Å². The van der Waals surface area contributed by atoms with Gasteiger partial charge in [0.15, 0.2) is 0 Å². The van der Waals surface area contributed by atoms with Gasteiger partial charge < -0.3 is 10.1 Å². The number of aromatic nitrogens is 3. The van der Waals surface area contributed by atoms with Crippen LogP contribution in [0.5, 0.6) is 0 Å². The summed E-state index contributed by atoms with van der Waals surface area (Å²) in [4.78, 5) is 4.23. The SMILES string of the molecule is CNC(c1cncc(Br)c1)c1c(Br)cnn1CCOC. The molecule has 2 aromatic heterocycles. The van der Waals surface area contributed by atoms with Gasteiger partial charge in [0, 0.05) is 24.0 Å². The van der Waals surface area contributed by atoms with E-state index in [2.05, 4.69) is 47.3 Å². The summed E-state index contributed by atoms with van der Waals surface area (Å²) >= 11 is 7.03. The molecule has 0 bridgehead atoms. The first-order chi connectivity index (χ1) is 9.67. The van der Waals surface area contributed by atoms with Crippen LogP contribution in [0.25, 0.3) is 0 Å². The second-order valence-electron chi connectivity index (χ2n) is 4.25. The van der Waals surface area contributed by atoms with Gasteiger partial charge in [0.25, 0.3) is 0 Å². The summed E-state index contributed by atoms with van der Waals surface area (Å²) in [6.07, 6.45) is 5.43. The van der Waals surface area contributed by atoms with Crippen molar-refractivity contribution in [3.05, 3.63) is 44.9 Å². The van der Waals surface area contributed by atoms with Crippen LogP contribution in [0.4, 0.5) is 0 Å². The van der Waals surface area contributed by atoms with Gasteiger partial charge in [0.2, 0.25) is 0 Å². The maximum atomic E-state index is 5.13. The number of pyridine rings is 1. The van der Waals surface area contributed by atoms with Gasteiger partial charge in [0.05, 0.1) is 35.6 Å². The average molecular weight is 404 g/mol. The van der Waals surface area contributed by atoms with Crippen LogP contribution in [0, 0.1) is 0 Å². The molecule has 0 aliphatic heterocycles. The van der Waals surface area contributed by atoms with Gasteiger partial charge in [0.1, 0.15) is 0 Å². The molecule has 2 rings (SSSR count). The largest absolute Gasteiger partial charge is 0.383 e. The second kappa shape index (κ2) is 7.31. The van der Waals surface area contributed by atoms with Crippen LogP contribution >= 0.6 is 31.9 Å². The highest BCUT2D eigenvalue weighted by Crippen LogP contribution is 2.29. The molecule has 0 amide bonds. The minimum absolute atomic E-state index is 0.00808. The molecular formula is C13H16Br2N4O. The highest BCUT2D eigenvalue weighted by atomic mass is 79.9. The normalized spacial score (nSPS) is 12.6. The first-order valence-electron chi connectivity index (χ1n) is 6.15. The minimum atomic E-state index is 0.00808. The lowest BCUT2D eigenvalue weighted by Gasteiger charge is -2.19. The molecule has 2 aromatic rings. The Kier molecular flexibility index (Phi) is 5.71. The number of nitrogens with one attached hydrogen (secondary N) is 1. The highest BCUT2D eigenvalue weighted by Gasteiger charge is 2.21. The van der Waals surface area contributed by atoms with Crippen molar-refractivity contribution in [2.75, 3.05) is 20.8 Å². The molecule has 7 heteroatoms. The van der Waals surface area contributed by atoms with Crippen molar-refractivity contribution in [3.8, 4) is 0 Å². The standard InChI is InChI=1S/C13H16Br2N4O/c1-16-12(9-5-10(14)7-17-6-9)13-11(15)8-18-19(13)3-4-20-2/h5-8,12,16H,3-4H2,1-2H3. The van der Waals surface area contributed by atoms with E-state index in [4.69, 9.17) is 4.74 Å². The molecule has 1 N–H and O–H groups in total. The molecule has 0 aliphatic carbocycles. The molecule has 20 heavy (non-hydrogen) atoms. The van der Waals surface area contributed by atoms with Crippen LogP contribution in [0.2, 0.25) is 0 Å². The molecule has 0 aromatic carbocycles. The lowest BCUT2D eigenvalue weighted by atomic mass is 10.1. The summed E-state index contributed by atoms with van der Waals surface area (Å²) in [7, 11) is 3.61. The number of rotatable bonds is 6. The molecule has 5 nitrogen and oxygen atoms in total. The lowest BCUT2D eigenvalue weighted by Crippen LogP contribution is -2.23. The van der Waals surface area contributed by atoms with E-state index < -0.39 is 0 Å². The monoisotopic (exact) mass is 402 g/mol. The Balaban J connectivity index is 2.38. The Morgan fingerprint density at radius 3 is 2.80 bits per heavy atom. The molecule has 1 unspecified atom stereocenters. The maximum absolute atomic E-state index is 5.13. The number of hydrogen-bond donors (Lipinski definition) is 1. The number of ether oxygens (including phenoxy) is 1. The Hall–Kier alpha value is -0.760. The number of halogens is 2. The first kappa shape index (κ1) is 15.6. The predicted octanol–water partition coefficient (Wildman–Crippen LogP) is 2.76. The van der Waals surface area contributed by atoms with Gasteiger partial charge in [-0.25, -0.2) is 0 Å². The molecule has 0 spiro atoms. The third-order valence-corrected chi connectivity index (χ3v) is 4.01. The summed E-state index contributed by atoms with van der Waals surface area (Å²) in [5.74, 6) is 0. The van der Waals surface area contributed by atoms with Crippen molar-refractivity contribution in [3.63, 3.8) is 0 Å². The van der Waals surface area contributed by atoms with E-state index in [-0.39, 0.29) is 6.04 Å². The van der Waals surface area contributed by atoms with Crippen LogP contribution in [0.3, 0.4) is 0 Å².